The number of aryl methyl sites for hydroxylation is 3. The molecule has 9 nitrogen and oxygen atoms in total. The molecule has 2 aromatic heterocycles. The van der Waals surface area contributed by atoms with Crippen LogP contribution in [-0.2, 0) is 29.9 Å². The Hall–Kier alpha value is -3.41. The average Bonchev–Trinajstić information content (AvgIpc) is 3.45. The van der Waals surface area contributed by atoms with Crippen molar-refractivity contribution in [1.29, 1.82) is 0 Å². The van der Waals surface area contributed by atoms with E-state index < -0.39 is 16.4 Å². The van der Waals surface area contributed by atoms with E-state index in [1.807, 2.05) is 12.1 Å². The number of aliphatic imine (C=N–C) groups is 1. The number of sulfonamides is 1. The van der Waals surface area contributed by atoms with Crippen LogP contribution >= 0.6 is 0 Å². The van der Waals surface area contributed by atoms with Crippen molar-refractivity contribution in [3.8, 4) is 11.4 Å². The van der Waals surface area contributed by atoms with Crippen molar-refractivity contribution in [2.24, 2.45) is 18.0 Å². The van der Waals surface area contributed by atoms with Crippen molar-refractivity contribution in [1.82, 2.24) is 19.7 Å². The summed E-state index contributed by atoms with van der Waals surface area (Å²) in [6.45, 7) is 1.78. The molecule has 1 fully saturated rings. The summed E-state index contributed by atoms with van der Waals surface area (Å²) in [5, 5.41) is 7.57. The Balaban J connectivity index is 1.58. The van der Waals surface area contributed by atoms with Gasteiger partial charge < -0.3 is 5.32 Å². The van der Waals surface area contributed by atoms with Crippen LogP contribution in [0, 0.1) is 12.8 Å². The highest BCUT2D eigenvalue weighted by Crippen LogP contribution is 2.41. The molecule has 1 aliphatic carbocycles. The van der Waals surface area contributed by atoms with E-state index in [1.165, 1.54) is 24.2 Å². The van der Waals surface area contributed by atoms with Crippen molar-refractivity contribution < 1.29 is 17.2 Å². The van der Waals surface area contributed by atoms with Crippen LogP contribution in [0.15, 0.2) is 29.3 Å². The van der Waals surface area contributed by atoms with E-state index in [9.17, 15) is 17.2 Å². The zero-order valence-corrected chi connectivity index (χ0v) is 22.0. The second-order valence-electron chi connectivity index (χ2n) is 9.71. The number of hydrogen-bond acceptors (Lipinski definition) is 7. The van der Waals surface area contributed by atoms with E-state index in [1.54, 1.807) is 30.8 Å². The first kappa shape index (κ1) is 25.2. The van der Waals surface area contributed by atoms with Gasteiger partial charge in [-0.15, -0.1) is 0 Å². The van der Waals surface area contributed by atoms with Crippen LogP contribution in [0.1, 0.15) is 36.5 Å². The first-order valence-corrected chi connectivity index (χ1v) is 14.0. The molecule has 37 heavy (non-hydrogen) atoms. The zero-order chi connectivity index (χ0) is 26.5. The van der Waals surface area contributed by atoms with E-state index in [4.69, 9.17) is 0 Å². The molecule has 196 valence electrons. The molecule has 2 aliphatic rings. The second kappa shape index (κ2) is 9.47. The zero-order valence-electron chi connectivity index (χ0n) is 21.2. The van der Waals surface area contributed by atoms with Gasteiger partial charge in [0.1, 0.15) is 11.5 Å². The Morgan fingerprint density at radius 3 is 2.57 bits per heavy atom. The number of nitrogens with one attached hydrogen (secondary N) is 1. The maximum atomic E-state index is 13.5. The van der Waals surface area contributed by atoms with E-state index in [-0.39, 0.29) is 12.1 Å². The van der Waals surface area contributed by atoms with Crippen molar-refractivity contribution in [2.75, 3.05) is 22.9 Å². The number of benzene rings is 1. The summed E-state index contributed by atoms with van der Waals surface area (Å²) >= 11 is 0. The second-order valence-corrected chi connectivity index (χ2v) is 11.7. The van der Waals surface area contributed by atoms with Gasteiger partial charge in [0.25, 0.3) is 6.43 Å². The molecular formula is C25H29F2N7O2S. The number of pyridine rings is 1. The standard InChI is InChI=1S/C25H29F2N7O2S/c1-14-28-25(33(2)32-14)16-8-10-18(22(11-16)34(3)37(4,35)36)30-19-12-17(9-7-15-5-6-15)29-20-13-21(24(26)27)31-23(19)20/h8,10-12,15,24H,5-7,9,13H2,1-4H3,(H,29,30). The minimum Gasteiger partial charge on any atom is -0.352 e. The summed E-state index contributed by atoms with van der Waals surface area (Å²) in [6, 6.07) is 7.12. The largest absolute Gasteiger partial charge is 0.352 e. The van der Waals surface area contributed by atoms with E-state index in [2.05, 4.69) is 25.4 Å². The Morgan fingerprint density at radius 2 is 1.95 bits per heavy atom. The number of halogens is 2. The topological polar surface area (TPSA) is 105 Å². The summed E-state index contributed by atoms with van der Waals surface area (Å²) in [4.78, 5) is 13.3. The Labute approximate surface area is 214 Å². The number of fused-ring (bicyclic) bond motifs is 1. The minimum atomic E-state index is -3.61. The molecule has 0 saturated heterocycles. The van der Waals surface area contributed by atoms with Crippen LogP contribution in [0.3, 0.4) is 0 Å². The van der Waals surface area contributed by atoms with Crippen LogP contribution in [0.5, 0.6) is 0 Å². The van der Waals surface area contributed by atoms with Crippen molar-refractivity contribution in [3.63, 3.8) is 0 Å². The molecule has 0 radical (unpaired) electrons. The Bertz CT molecular complexity index is 1500. The van der Waals surface area contributed by atoms with Gasteiger partial charge in [0.15, 0.2) is 5.82 Å². The fourth-order valence-corrected chi connectivity index (χ4v) is 4.99. The smallest absolute Gasteiger partial charge is 0.277 e. The summed E-state index contributed by atoms with van der Waals surface area (Å²) < 4.78 is 54.8. The first-order valence-electron chi connectivity index (χ1n) is 12.1. The molecule has 1 aromatic carbocycles. The lowest BCUT2D eigenvalue weighted by Crippen LogP contribution is -2.25. The van der Waals surface area contributed by atoms with Gasteiger partial charge in [0.05, 0.1) is 34.7 Å². The normalized spacial score (nSPS) is 15.2. The lowest BCUT2D eigenvalue weighted by molar-refractivity contribution is 0.224. The summed E-state index contributed by atoms with van der Waals surface area (Å²) in [7, 11) is -0.382. The van der Waals surface area contributed by atoms with Crippen LogP contribution in [0.25, 0.3) is 11.4 Å². The highest BCUT2D eigenvalue weighted by molar-refractivity contribution is 7.92. The molecule has 3 aromatic rings. The number of rotatable bonds is 9. The fourth-order valence-electron chi connectivity index (χ4n) is 4.48. The number of alkyl halides is 2. The molecule has 0 spiro atoms. The number of aromatic nitrogens is 4. The lowest BCUT2D eigenvalue weighted by atomic mass is 10.1. The van der Waals surface area contributed by atoms with Crippen LogP contribution in [-0.4, -0.2) is 53.6 Å². The molecule has 0 bridgehead atoms. The van der Waals surface area contributed by atoms with E-state index in [0.717, 1.165) is 24.8 Å². The molecule has 1 N–H and O–H groups in total. The molecule has 5 rings (SSSR count). The van der Waals surface area contributed by atoms with Gasteiger partial charge in [-0.3, -0.25) is 9.29 Å². The molecule has 0 atom stereocenters. The van der Waals surface area contributed by atoms with E-state index >= 15 is 0 Å². The lowest BCUT2D eigenvalue weighted by Gasteiger charge is -2.22. The Kier molecular flexibility index (Phi) is 6.47. The quantitative estimate of drug-likeness (QED) is 0.436. The van der Waals surface area contributed by atoms with Gasteiger partial charge in [-0.2, -0.15) is 5.10 Å². The maximum Gasteiger partial charge on any atom is 0.277 e. The number of nitrogens with zero attached hydrogens (tertiary/aromatic N) is 6. The summed E-state index contributed by atoms with van der Waals surface area (Å²) in [5.41, 5.74) is 3.54. The SMILES string of the molecule is Cc1nc(-c2ccc(Nc3cc(CCC4CC4)nc4c3N=C(C(F)F)C4)c(N(C)S(C)(=O)=O)c2)n(C)n1. The summed E-state index contributed by atoms with van der Waals surface area (Å²) in [6.07, 6.45) is 2.63. The third-order valence-electron chi connectivity index (χ3n) is 6.71. The molecule has 1 saturated carbocycles. The van der Waals surface area contributed by atoms with Crippen LogP contribution in [0.4, 0.5) is 31.5 Å². The highest BCUT2D eigenvalue weighted by Gasteiger charge is 2.28. The predicted molar refractivity (Wildman–Crippen MR) is 140 cm³/mol. The summed E-state index contributed by atoms with van der Waals surface area (Å²) in [5.74, 6) is 1.88. The van der Waals surface area contributed by atoms with Crippen molar-refractivity contribution >= 4 is 38.5 Å². The molecule has 3 heterocycles. The van der Waals surface area contributed by atoms with Crippen LogP contribution in [0.2, 0.25) is 0 Å². The molecule has 0 amide bonds. The number of hydrogen-bond donors (Lipinski definition) is 1. The monoisotopic (exact) mass is 529 g/mol. The van der Waals surface area contributed by atoms with Gasteiger partial charge >= 0.3 is 0 Å². The van der Waals surface area contributed by atoms with Gasteiger partial charge in [-0.1, -0.05) is 12.8 Å². The molecule has 0 unspecified atom stereocenters. The van der Waals surface area contributed by atoms with E-state index in [0.29, 0.717) is 51.6 Å². The fraction of sp³-hybridized carbons (Fsp3) is 0.440. The van der Waals surface area contributed by atoms with Gasteiger partial charge in [-0.25, -0.2) is 31.9 Å². The minimum absolute atomic E-state index is 0.000500. The molecular weight excluding hydrogens is 500 g/mol. The van der Waals surface area contributed by atoms with Crippen molar-refractivity contribution in [3.05, 3.63) is 41.5 Å². The first-order chi connectivity index (χ1) is 17.5. The molecule has 1 aliphatic heterocycles. The van der Waals surface area contributed by atoms with Gasteiger partial charge in [0, 0.05) is 31.8 Å². The average molecular weight is 530 g/mol. The number of anilines is 3. The third kappa shape index (κ3) is 5.34. The molecule has 12 heteroatoms. The Morgan fingerprint density at radius 1 is 1.19 bits per heavy atom. The van der Waals surface area contributed by atoms with Gasteiger partial charge in [-0.05, 0) is 49.9 Å². The van der Waals surface area contributed by atoms with Crippen LogP contribution < -0.4 is 9.62 Å². The van der Waals surface area contributed by atoms with Gasteiger partial charge in [0.2, 0.25) is 10.0 Å². The third-order valence-corrected chi connectivity index (χ3v) is 7.90. The predicted octanol–water partition coefficient (Wildman–Crippen LogP) is 4.56. The highest BCUT2D eigenvalue weighted by atomic mass is 32.2. The van der Waals surface area contributed by atoms with Crippen molar-refractivity contribution in [2.45, 2.75) is 45.5 Å². The maximum absolute atomic E-state index is 13.5.